The summed E-state index contributed by atoms with van der Waals surface area (Å²) in [6.07, 6.45) is 6.00. The number of hydrogen-bond acceptors (Lipinski definition) is 2. The molecule has 196 valence electrons. The Morgan fingerprint density at radius 3 is 1.25 bits per heavy atom. The summed E-state index contributed by atoms with van der Waals surface area (Å²) in [4.78, 5) is 8.63. The van der Waals surface area contributed by atoms with Crippen LogP contribution in [-0.4, -0.2) is 17.7 Å². The van der Waals surface area contributed by atoms with E-state index in [-0.39, 0.29) is 48.0 Å². The second-order valence-corrected chi connectivity index (χ2v) is 9.36. The van der Waals surface area contributed by atoms with Crippen molar-refractivity contribution in [2.45, 2.75) is 138 Å². The van der Waals surface area contributed by atoms with Crippen molar-refractivity contribution in [3.63, 3.8) is 0 Å². The normalized spacial score (nSPS) is 11.2. The number of allylic oxidation sites excluding steroid dienone is 1. The zero-order chi connectivity index (χ0) is 21.9. The van der Waals surface area contributed by atoms with E-state index in [0.29, 0.717) is 5.41 Å². The summed E-state index contributed by atoms with van der Waals surface area (Å²) in [5, 5.41) is 0. The first-order valence-electron chi connectivity index (χ1n) is 10.5. The van der Waals surface area contributed by atoms with Gasteiger partial charge in [0.05, 0.1) is 6.54 Å². The molecule has 0 saturated heterocycles. The van der Waals surface area contributed by atoms with Gasteiger partial charge >= 0.3 is 0 Å². The van der Waals surface area contributed by atoms with Crippen molar-refractivity contribution in [3.05, 3.63) is 41.2 Å². The average Bonchev–Trinajstić information content (AvgIpc) is 3.13. The number of aromatic nitrogens is 1. The molecule has 0 aromatic carbocycles. The van der Waals surface area contributed by atoms with E-state index in [1.165, 1.54) is 11.1 Å². The predicted molar refractivity (Wildman–Crippen MR) is 159 cm³/mol. The molecule has 0 N–H and O–H groups in total. The number of pyridine rings is 1. The van der Waals surface area contributed by atoms with Crippen LogP contribution in [0.15, 0.2) is 35.0 Å². The SMILES string of the molecule is C.C.C.C.C.CC.CC.CC(C)(C)C1=CC=NC1.CC(C)(C)c1ccc(C(C)(C)C)nc1. The zero-order valence-electron chi connectivity index (χ0n) is 20.5. The first-order valence-corrected chi connectivity index (χ1v) is 10.5. The lowest BCUT2D eigenvalue weighted by atomic mass is 9.86. The Kier molecular flexibility index (Phi) is 32.2. The summed E-state index contributed by atoms with van der Waals surface area (Å²) in [6.45, 7) is 28.7. The van der Waals surface area contributed by atoms with Gasteiger partial charge in [0.1, 0.15) is 0 Å². The van der Waals surface area contributed by atoms with Gasteiger partial charge in [-0.1, -0.05) is 133 Å². The lowest BCUT2D eigenvalue weighted by Gasteiger charge is -2.22. The Balaban J connectivity index is -0.0000000618. The topological polar surface area (TPSA) is 25.2 Å². The number of hydrogen-bond donors (Lipinski definition) is 0. The summed E-state index contributed by atoms with van der Waals surface area (Å²) >= 11 is 0. The third-order valence-corrected chi connectivity index (χ3v) is 4.00. The van der Waals surface area contributed by atoms with Crippen molar-refractivity contribution >= 4 is 6.21 Å². The molecule has 0 saturated carbocycles. The van der Waals surface area contributed by atoms with Gasteiger partial charge in [-0.2, -0.15) is 0 Å². The van der Waals surface area contributed by atoms with Crippen LogP contribution in [0.2, 0.25) is 0 Å². The first kappa shape index (κ1) is 48.1. The van der Waals surface area contributed by atoms with Gasteiger partial charge in [-0.25, -0.2) is 0 Å². The lowest BCUT2D eigenvalue weighted by Crippen LogP contribution is -2.16. The van der Waals surface area contributed by atoms with Crippen LogP contribution in [0.1, 0.15) is 138 Å². The largest absolute Gasteiger partial charge is 0.289 e. The highest BCUT2D eigenvalue weighted by Crippen LogP contribution is 2.26. The molecule has 2 heteroatoms. The average molecular weight is 455 g/mol. The van der Waals surface area contributed by atoms with E-state index < -0.39 is 0 Å². The molecule has 1 aliphatic heterocycles. The molecule has 0 fully saturated rings. The van der Waals surface area contributed by atoms with Crippen molar-refractivity contribution in [2.24, 2.45) is 10.4 Å². The molecule has 0 aliphatic carbocycles. The molecule has 0 amide bonds. The van der Waals surface area contributed by atoms with Gasteiger partial charge in [0.15, 0.2) is 0 Å². The summed E-state index contributed by atoms with van der Waals surface area (Å²) < 4.78 is 0. The van der Waals surface area contributed by atoms with Crippen LogP contribution in [0.5, 0.6) is 0 Å². The van der Waals surface area contributed by atoms with Crippen molar-refractivity contribution in [2.75, 3.05) is 6.54 Å². The molecule has 2 heterocycles. The fourth-order valence-electron chi connectivity index (χ4n) is 2.11. The molecule has 32 heavy (non-hydrogen) atoms. The van der Waals surface area contributed by atoms with E-state index in [4.69, 9.17) is 0 Å². The fraction of sp³-hybridized carbons (Fsp3) is 0.733. The van der Waals surface area contributed by atoms with Crippen LogP contribution in [0.4, 0.5) is 0 Å². The third kappa shape index (κ3) is 19.3. The van der Waals surface area contributed by atoms with Crippen molar-refractivity contribution in [1.82, 2.24) is 4.98 Å². The highest BCUT2D eigenvalue weighted by molar-refractivity contribution is 5.75. The minimum absolute atomic E-state index is 0. The maximum Gasteiger partial charge on any atom is 0.0608 e. The zero-order valence-corrected chi connectivity index (χ0v) is 20.5. The van der Waals surface area contributed by atoms with Crippen LogP contribution in [0.25, 0.3) is 0 Å². The summed E-state index contributed by atoms with van der Waals surface area (Å²) in [5.74, 6) is 0. The van der Waals surface area contributed by atoms with Crippen LogP contribution < -0.4 is 0 Å². The minimum Gasteiger partial charge on any atom is -0.289 e. The van der Waals surface area contributed by atoms with E-state index >= 15 is 0 Å². The summed E-state index contributed by atoms with van der Waals surface area (Å²) in [5.41, 5.74) is 4.55. The molecule has 1 aromatic heterocycles. The first-order chi connectivity index (χ1) is 12.3. The molecule has 0 radical (unpaired) electrons. The minimum atomic E-state index is 0. The van der Waals surface area contributed by atoms with E-state index in [0.717, 1.165) is 12.2 Å². The highest BCUT2D eigenvalue weighted by Gasteiger charge is 2.18. The molecule has 2 nitrogen and oxygen atoms in total. The number of nitrogens with zero attached hydrogens (tertiary/aromatic N) is 2. The Bertz CT molecular complexity index is 524. The van der Waals surface area contributed by atoms with Crippen LogP contribution in [0, 0.1) is 5.41 Å². The van der Waals surface area contributed by atoms with Gasteiger partial charge in [-0.3, -0.25) is 9.98 Å². The predicted octanol–water partition coefficient (Wildman–Crippen LogP) is 11.0. The molecule has 0 spiro atoms. The molecule has 0 bridgehead atoms. The smallest absolute Gasteiger partial charge is 0.0608 e. The maximum absolute atomic E-state index is 4.52. The number of rotatable bonds is 0. The van der Waals surface area contributed by atoms with Gasteiger partial charge in [-0.05, 0) is 34.1 Å². The second-order valence-electron chi connectivity index (χ2n) is 9.36. The molecular formula is C30H66N2. The van der Waals surface area contributed by atoms with Gasteiger partial charge in [0.2, 0.25) is 0 Å². The van der Waals surface area contributed by atoms with Crippen molar-refractivity contribution in [3.8, 4) is 0 Å². The monoisotopic (exact) mass is 455 g/mol. The standard InChI is InChI=1S/C13H21N.C8H13N.2C2H6.5CH4/c1-12(2,3)10-7-8-11(14-9-10)13(4,5)6;1-8(2,3)7-4-5-9-6-7;2*1-2;;;;;/h7-9H,1-6H3;4-5H,6H2,1-3H3;2*1-2H3;5*1H4. The van der Waals surface area contributed by atoms with Crippen molar-refractivity contribution < 1.29 is 0 Å². The van der Waals surface area contributed by atoms with Crippen LogP contribution >= 0.6 is 0 Å². The van der Waals surface area contributed by atoms with Crippen LogP contribution in [0.3, 0.4) is 0 Å². The van der Waals surface area contributed by atoms with E-state index in [9.17, 15) is 0 Å². The maximum atomic E-state index is 4.52. The lowest BCUT2D eigenvalue weighted by molar-refractivity contribution is 0.499. The Labute approximate surface area is 207 Å². The second kappa shape index (κ2) is 21.4. The quantitative estimate of drug-likeness (QED) is 0.382. The number of aliphatic imine (C=N–C) groups is 1. The molecule has 1 aromatic rings. The van der Waals surface area contributed by atoms with E-state index in [1.54, 1.807) is 0 Å². The Morgan fingerprint density at radius 1 is 0.625 bits per heavy atom. The van der Waals surface area contributed by atoms with Crippen molar-refractivity contribution in [1.29, 1.82) is 0 Å². The van der Waals surface area contributed by atoms with Gasteiger partial charge in [0.25, 0.3) is 0 Å². The Morgan fingerprint density at radius 2 is 1.06 bits per heavy atom. The molecule has 0 unspecified atom stereocenters. The van der Waals surface area contributed by atoms with E-state index in [2.05, 4.69) is 90.5 Å². The molecule has 0 atom stereocenters. The van der Waals surface area contributed by atoms with Gasteiger partial charge < -0.3 is 0 Å². The third-order valence-electron chi connectivity index (χ3n) is 4.00. The van der Waals surface area contributed by atoms with E-state index in [1.807, 2.05) is 40.1 Å². The van der Waals surface area contributed by atoms with Gasteiger partial charge in [0, 0.05) is 23.5 Å². The highest BCUT2D eigenvalue weighted by atomic mass is 14.7. The summed E-state index contributed by atoms with van der Waals surface area (Å²) in [7, 11) is 0. The molecular weight excluding hydrogens is 388 g/mol. The summed E-state index contributed by atoms with van der Waals surface area (Å²) in [6, 6.07) is 4.33. The van der Waals surface area contributed by atoms with Gasteiger partial charge in [-0.15, -0.1) is 0 Å². The fourth-order valence-corrected chi connectivity index (χ4v) is 2.11. The van der Waals surface area contributed by atoms with Crippen LogP contribution in [-0.2, 0) is 10.8 Å². The molecule has 1 aliphatic rings. The Hall–Kier alpha value is -1.44. The molecule has 2 rings (SSSR count).